The molecular weight excluding hydrogens is 484 g/mol. The minimum absolute atomic E-state index is 0.0519. The van der Waals surface area contributed by atoms with Crippen molar-refractivity contribution in [1.29, 1.82) is 0 Å². The molecule has 1 aliphatic heterocycles. The van der Waals surface area contributed by atoms with E-state index in [0.717, 1.165) is 27.9 Å². The summed E-state index contributed by atoms with van der Waals surface area (Å²) in [5, 5.41) is 11.7. The molecule has 0 aliphatic carbocycles. The van der Waals surface area contributed by atoms with Crippen molar-refractivity contribution in [2.24, 2.45) is 0 Å². The van der Waals surface area contributed by atoms with Crippen LogP contribution in [0.4, 0.5) is 11.4 Å². The first-order valence-corrected chi connectivity index (χ1v) is 13.4. The van der Waals surface area contributed by atoms with Gasteiger partial charge < -0.3 is 10.0 Å². The number of nitrogens with zero attached hydrogens (tertiary/aromatic N) is 2. The van der Waals surface area contributed by atoms with Crippen LogP contribution in [0.1, 0.15) is 75.4 Å². The number of rotatable bonds is 4. The number of benzene rings is 3. The van der Waals surface area contributed by atoms with Gasteiger partial charge in [0, 0.05) is 31.0 Å². The molecule has 0 bridgehead atoms. The molecule has 0 aromatic heterocycles. The molecule has 39 heavy (non-hydrogen) atoms. The van der Waals surface area contributed by atoms with Crippen LogP contribution in [0.5, 0.6) is 0 Å². The molecule has 1 N–H and O–H groups in total. The molecule has 0 saturated carbocycles. The quantitative estimate of drug-likeness (QED) is 0.221. The van der Waals surface area contributed by atoms with Crippen LogP contribution in [-0.4, -0.2) is 30.9 Å². The lowest BCUT2D eigenvalue weighted by Crippen LogP contribution is -2.29. The van der Waals surface area contributed by atoms with Crippen molar-refractivity contribution >= 4 is 28.8 Å². The predicted molar refractivity (Wildman–Crippen MR) is 161 cm³/mol. The Kier molecular flexibility index (Phi) is 7.24. The number of aliphatic hydroxyl groups is 1. The van der Waals surface area contributed by atoms with E-state index >= 15 is 0 Å². The van der Waals surface area contributed by atoms with Gasteiger partial charge in [-0.05, 0) is 70.3 Å². The Morgan fingerprint density at radius 2 is 1.33 bits per heavy atom. The normalized spacial score (nSPS) is 17.6. The van der Waals surface area contributed by atoms with Crippen LogP contribution < -0.4 is 9.80 Å². The van der Waals surface area contributed by atoms with Gasteiger partial charge in [-0.25, -0.2) is 0 Å². The Morgan fingerprint density at radius 1 is 0.795 bits per heavy atom. The van der Waals surface area contributed by atoms with Gasteiger partial charge in [-0.1, -0.05) is 77.9 Å². The van der Waals surface area contributed by atoms with Crippen molar-refractivity contribution in [3.8, 4) is 0 Å². The van der Waals surface area contributed by atoms with Crippen molar-refractivity contribution in [3.05, 3.63) is 100 Å². The van der Waals surface area contributed by atoms with Gasteiger partial charge in [0.15, 0.2) is 0 Å². The van der Waals surface area contributed by atoms with E-state index in [1.54, 1.807) is 0 Å². The lowest BCUT2D eigenvalue weighted by atomic mass is 9.84. The van der Waals surface area contributed by atoms with Crippen molar-refractivity contribution in [2.45, 2.75) is 65.3 Å². The maximum absolute atomic E-state index is 13.7. The number of ketones is 1. The minimum atomic E-state index is -0.764. The van der Waals surface area contributed by atoms with Crippen LogP contribution in [0.2, 0.25) is 0 Å². The van der Waals surface area contributed by atoms with E-state index in [9.17, 15) is 14.7 Å². The maximum Gasteiger partial charge on any atom is 0.300 e. The first kappa shape index (κ1) is 28.2. The Labute approximate surface area is 232 Å². The molecule has 3 aromatic rings. The second-order valence-electron chi connectivity index (χ2n) is 12.7. The number of carbonyl (C=O) groups is 2. The van der Waals surface area contributed by atoms with E-state index in [4.69, 9.17) is 0 Å². The minimum Gasteiger partial charge on any atom is -0.507 e. The molecule has 5 heteroatoms. The summed E-state index contributed by atoms with van der Waals surface area (Å²) in [4.78, 5) is 30.8. The molecular formula is C34H40N2O3. The van der Waals surface area contributed by atoms with Crippen molar-refractivity contribution < 1.29 is 14.7 Å². The molecule has 4 rings (SSSR count). The smallest absolute Gasteiger partial charge is 0.300 e. The van der Waals surface area contributed by atoms with E-state index in [1.807, 2.05) is 92.6 Å². The van der Waals surface area contributed by atoms with Gasteiger partial charge in [-0.2, -0.15) is 0 Å². The highest BCUT2D eigenvalue weighted by atomic mass is 16.3. The second kappa shape index (κ2) is 10.0. The predicted octanol–water partition coefficient (Wildman–Crippen LogP) is 7.28. The summed E-state index contributed by atoms with van der Waals surface area (Å²) in [6, 6.07) is 20.7. The summed E-state index contributed by atoms with van der Waals surface area (Å²) in [6.45, 7) is 14.6. The van der Waals surface area contributed by atoms with Crippen LogP contribution in [0, 0.1) is 6.92 Å². The summed E-state index contributed by atoms with van der Waals surface area (Å²) in [7, 11) is 3.92. The third-order valence-corrected chi connectivity index (χ3v) is 7.54. The van der Waals surface area contributed by atoms with Crippen molar-refractivity contribution in [1.82, 2.24) is 0 Å². The molecule has 1 atom stereocenters. The van der Waals surface area contributed by atoms with Gasteiger partial charge >= 0.3 is 0 Å². The van der Waals surface area contributed by atoms with E-state index in [0.29, 0.717) is 11.3 Å². The van der Waals surface area contributed by atoms with Crippen LogP contribution >= 0.6 is 0 Å². The van der Waals surface area contributed by atoms with Crippen LogP contribution in [0.15, 0.2) is 72.3 Å². The van der Waals surface area contributed by atoms with Gasteiger partial charge in [0.1, 0.15) is 5.76 Å². The van der Waals surface area contributed by atoms with Gasteiger partial charge in [-0.3, -0.25) is 14.5 Å². The number of anilines is 2. The highest BCUT2D eigenvalue weighted by Crippen LogP contribution is 2.43. The second-order valence-corrected chi connectivity index (χ2v) is 12.7. The van der Waals surface area contributed by atoms with Crippen LogP contribution in [0.25, 0.3) is 5.76 Å². The standard InChI is InChI=1S/C34H40N2O3/c1-21-10-13-24(34(5,6)7)20-27(21)30(37)28-29(22-11-16-25(17-12-22)35(8)9)36(32(39)31(28)38)26-18-14-23(15-19-26)33(2,3)4/h10-20,29,37H,1-9H3/b30-28+. The largest absolute Gasteiger partial charge is 0.507 e. The van der Waals surface area contributed by atoms with E-state index in [2.05, 4.69) is 41.5 Å². The monoisotopic (exact) mass is 524 g/mol. The molecule has 1 heterocycles. The third-order valence-electron chi connectivity index (χ3n) is 7.54. The number of aliphatic hydroxyl groups excluding tert-OH is 1. The Balaban J connectivity index is 1.95. The lowest BCUT2D eigenvalue weighted by molar-refractivity contribution is -0.132. The van der Waals surface area contributed by atoms with Crippen LogP contribution in [0.3, 0.4) is 0 Å². The van der Waals surface area contributed by atoms with E-state index in [1.165, 1.54) is 4.90 Å². The Hall–Kier alpha value is -3.86. The van der Waals surface area contributed by atoms with Gasteiger partial charge in [-0.15, -0.1) is 0 Å². The molecule has 1 amide bonds. The first-order chi connectivity index (χ1) is 18.1. The summed E-state index contributed by atoms with van der Waals surface area (Å²) < 4.78 is 0. The fraction of sp³-hybridized carbons (Fsp3) is 0.353. The van der Waals surface area contributed by atoms with Gasteiger partial charge in [0.2, 0.25) is 0 Å². The van der Waals surface area contributed by atoms with Crippen LogP contribution in [-0.2, 0) is 20.4 Å². The molecule has 1 unspecified atom stereocenters. The first-order valence-electron chi connectivity index (χ1n) is 13.4. The maximum atomic E-state index is 13.7. The van der Waals surface area contributed by atoms with Crippen molar-refractivity contribution in [3.63, 3.8) is 0 Å². The number of Topliss-reactive ketones (excluding diaryl/α,β-unsaturated/α-hetero) is 1. The zero-order chi connectivity index (χ0) is 28.9. The molecule has 5 nitrogen and oxygen atoms in total. The average Bonchev–Trinajstić information content (AvgIpc) is 3.13. The van der Waals surface area contributed by atoms with Crippen molar-refractivity contribution in [2.75, 3.05) is 23.9 Å². The summed E-state index contributed by atoms with van der Waals surface area (Å²) >= 11 is 0. The number of amides is 1. The Bertz CT molecular complexity index is 1430. The zero-order valence-corrected chi connectivity index (χ0v) is 24.6. The lowest BCUT2D eigenvalue weighted by Gasteiger charge is -2.27. The summed E-state index contributed by atoms with van der Waals surface area (Å²) in [5.74, 6) is -1.48. The molecule has 0 radical (unpaired) electrons. The molecule has 1 fully saturated rings. The fourth-order valence-electron chi connectivity index (χ4n) is 4.98. The van der Waals surface area contributed by atoms with E-state index in [-0.39, 0.29) is 22.2 Å². The number of aryl methyl sites for hydroxylation is 1. The topological polar surface area (TPSA) is 60.9 Å². The molecule has 0 spiro atoms. The number of hydrogen-bond acceptors (Lipinski definition) is 4. The molecule has 1 saturated heterocycles. The molecule has 204 valence electrons. The number of carbonyl (C=O) groups excluding carboxylic acids is 2. The molecule has 1 aliphatic rings. The SMILES string of the molecule is Cc1ccc(C(C)(C)C)cc1/C(O)=C1\C(=O)C(=O)N(c2ccc(C(C)(C)C)cc2)C1c1ccc(N(C)C)cc1. The highest BCUT2D eigenvalue weighted by molar-refractivity contribution is 6.51. The van der Waals surface area contributed by atoms with E-state index < -0.39 is 17.7 Å². The van der Waals surface area contributed by atoms with Gasteiger partial charge in [0.05, 0.1) is 11.6 Å². The highest BCUT2D eigenvalue weighted by Gasteiger charge is 2.47. The average molecular weight is 525 g/mol. The third kappa shape index (κ3) is 5.36. The Morgan fingerprint density at radius 3 is 1.85 bits per heavy atom. The molecule has 3 aromatic carbocycles. The fourth-order valence-corrected chi connectivity index (χ4v) is 4.98. The summed E-state index contributed by atoms with van der Waals surface area (Å²) in [5.41, 5.74) is 5.84. The zero-order valence-electron chi connectivity index (χ0n) is 24.6. The van der Waals surface area contributed by atoms with Gasteiger partial charge in [0.25, 0.3) is 11.7 Å². The number of hydrogen-bond donors (Lipinski definition) is 1. The summed E-state index contributed by atoms with van der Waals surface area (Å²) in [6.07, 6.45) is 0.